The van der Waals surface area contributed by atoms with E-state index < -0.39 is 0 Å². The number of ketones is 1. The van der Waals surface area contributed by atoms with Gasteiger partial charge in [-0.1, -0.05) is 12.1 Å². The van der Waals surface area contributed by atoms with Crippen LogP contribution in [0.3, 0.4) is 0 Å². The van der Waals surface area contributed by atoms with Gasteiger partial charge in [-0.25, -0.2) is 0 Å². The Hall–Kier alpha value is -4.62. The van der Waals surface area contributed by atoms with Gasteiger partial charge in [0.2, 0.25) is 17.6 Å². The number of benzene rings is 2. The Bertz CT molecular complexity index is 1350. The quantitative estimate of drug-likeness (QED) is 0.231. The summed E-state index contributed by atoms with van der Waals surface area (Å²) in [5, 5.41) is 12.2. The van der Waals surface area contributed by atoms with Crippen molar-refractivity contribution in [2.75, 3.05) is 78.1 Å². The Morgan fingerprint density at radius 1 is 0.951 bits per heavy atom. The van der Waals surface area contributed by atoms with Crippen LogP contribution in [0, 0.1) is 0 Å². The van der Waals surface area contributed by atoms with Crippen LogP contribution >= 0.6 is 0 Å². The zero-order valence-corrected chi connectivity index (χ0v) is 23.4. The van der Waals surface area contributed by atoms with Crippen molar-refractivity contribution >= 4 is 23.8 Å². The van der Waals surface area contributed by atoms with Crippen molar-refractivity contribution in [2.45, 2.75) is 0 Å². The number of aliphatic hydroxyl groups is 1. The van der Waals surface area contributed by atoms with Crippen molar-refractivity contribution in [2.24, 2.45) is 0 Å². The van der Waals surface area contributed by atoms with E-state index in [1.54, 1.807) is 36.4 Å². The summed E-state index contributed by atoms with van der Waals surface area (Å²) in [5.41, 5.74) is 1.07. The molecule has 1 fully saturated rings. The molecule has 0 bridgehead atoms. The maximum Gasteiger partial charge on any atom is 0.328 e. The van der Waals surface area contributed by atoms with E-state index in [1.807, 2.05) is 4.90 Å². The molecule has 1 aromatic heterocycles. The molecule has 218 valence electrons. The van der Waals surface area contributed by atoms with Crippen LogP contribution in [-0.2, 0) is 4.74 Å². The number of aliphatic hydroxyl groups excluding tert-OH is 1. The van der Waals surface area contributed by atoms with Crippen molar-refractivity contribution < 1.29 is 38.3 Å². The zero-order valence-electron chi connectivity index (χ0n) is 23.4. The van der Waals surface area contributed by atoms with E-state index in [-0.39, 0.29) is 30.9 Å². The molecule has 1 saturated heterocycles. The second kappa shape index (κ2) is 14.1. The molecule has 2 aromatic carbocycles. The van der Waals surface area contributed by atoms with Gasteiger partial charge in [-0.2, -0.15) is 15.0 Å². The zero-order chi connectivity index (χ0) is 29.2. The minimum atomic E-state index is -0.257. The Balaban J connectivity index is 1.55. The fraction of sp³-hybridized carbons (Fsp3) is 0.357. The normalized spacial score (nSPS) is 13.1. The topological polar surface area (TPSA) is 147 Å². The average molecular weight is 568 g/mol. The monoisotopic (exact) mass is 567 g/mol. The molecule has 0 saturated carbocycles. The SMILES string of the molecule is COc1cc(/C=C/C(=O)c2cc(OC)c(OC)c(OC)c2)ccc1Oc1nc(NCCO)nc(N2CCOCC2)n1. The number of anilines is 2. The number of nitrogens with zero attached hydrogens (tertiary/aromatic N) is 4. The number of carbonyl (C=O) groups excluding carboxylic acids is 1. The summed E-state index contributed by atoms with van der Waals surface area (Å²) in [7, 11) is 5.99. The number of aromatic nitrogens is 3. The Kier molecular flexibility index (Phi) is 10.1. The lowest BCUT2D eigenvalue weighted by Crippen LogP contribution is -2.37. The molecule has 2 heterocycles. The van der Waals surface area contributed by atoms with Gasteiger partial charge in [-0.05, 0) is 35.9 Å². The van der Waals surface area contributed by atoms with Crippen molar-refractivity contribution in [1.29, 1.82) is 0 Å². The van der Waals surface area contributed by atoms with Crippen LogP contribution in [0.15, 0.2) is 36.4 Å². The predicted molar refractivity (Wildman–Crippen MR) is 151 cm³/mol. The maximum absolute atomic E-state index is 12.9. The van der Waals surface area contributed by atoms with Gasteiger partial charge in [-0.3, -0.25) is 4.79 Å². The van der Waals surface area contributed by atoms with Crippen molar-refractivity contribution in [1.82, 2.24) is 15.0 Å². The lowest BCUT2D eigenvalue weighted by Gasteiger charge is -2.27. The first-order chi connectivity index (χ1) is 20.0. The number of allylic oxidation sites excluding steroid dienone is 1. The first kappa shape index (κ1) is 29.4. The average Bonchev–Trinajstić information content (AvgIpc) is 3.02. The molecule has 0 atom stereocenters. The van der Waals surface area contributed by atoms with Crippen LogP contribution in [0.4, 0.5) is 11.9 Å². The largest absolute Gasteiger partial charge is 0.493 e. The first-order valence-electron chi connectivity index (χ1n) is 12.8. The molecule has 13 heteroatoms. The number of methoxy groups -OCH3 is 4. The Morgan fingerprint density at radius 2 is 1.66 bits per heavy atom. The minimum Gasteiger partial charge on any atom is -0.493 e. The molecule has 0 spiro atoms. The third kappa shape index (κ3) is 7.32. The molecule has 3 aromatic rings. The van der Waals surface area contributed by atoms with E-state index in [4.69, 9.17) is 28.4 Å². The number of morpholine rings is 1. The number of ether oxygens (including phenoxy) is 6. The van der Waals surface area contributed by atoms with Crippen LogP contribution in [0.25, 0.3) is 6.08 Å². The molecule has 0 radical (unpaired) electrons. The van der Waals surface area contributed by atoms with E-state index in [9.17, 15) is 9.90 Å². The number of hydrogen-bond donors (Lipinski definition) is 2. The molecule has 0 amide bonds. The Labute approximate surface area is 237 Å². The predicted octanol–water partition coefficient (Wildman–Crippen LogP) is 2.84. The van der Waals surface area contributed by atoms with Gasteiger partial charge in [0.05, 0.1) is 48.3 Å². The third-order valence-electron chi connectivity index (χ3n) is 6.06. The van der Waals surface area contributed by atoms with Crippen molar-refractivity contribution in [3.8, 4) is 34.8 Å². The Morgan fingerprint density at radius 3 is 2.29 bits per heavy atom. The van der Waals surface area contributed by atoms with Gasteiger partial charge in [-0.15, -0.1) is 0 Å². The minimum absolute atomic E-state index is 0.0566. The van der Waals surface area contributed by atoms with E-state index >= 15 is 0 Å². The summed E-state index contributed by atoms with van der Waals surface area (Å²) in [6.45, 7) is 2.56. The number of rotatable bonds is 13. The lowest BCUT2D eigenvalue weighted by molar-refractivity contribution is 0.104. The van der Waals surface area contributed by atoms with E-state index in [2.05, 4.69) is 20.3 Å². The molecular formula is C28H33N5O8. The van der Waals surface area contributed by atoms with Gasteiger partial charge in [0.25, 0.3) is 0 Å². The molecule has 4 rings (SSSR count). The van der Waals surface area contributed by atoms with Crippen LogP contribution in [0.2, 0.25) is 0 Å². The van der Waals surface area contributed by atoms with Gasteiger partial charge < -0.3 is 43.7 Å². The molecule has 2 N–H and O–H groups in total. The fourth-order valence-corrected chi connectivity index (χ4v) is 4.01. The maximum atomic E-state index is 12.9. The molecular weight excluding hydrogens is 534 g/mol. The van der Waals surface area contributed by atoms with Crippen LogP contribution in [0.1, 0.15) is 15.9 Å². The molecule has 13 nitrogen and oxygen atoms in total. The lowest BCUT2D eigenvalue weighted by atomic mass is 10.1. The number of carbonyl (C=O) groups is 1. The molecule has 1 aliphatic rings. The van der Waals surface area contributed by atoms with Gasteiger partial charge in [0.15, 0.2) is 28.8 Å². The van der Waals surface area contributed by atoms with E-state index in [1.165, 1.54) is 34.5 Å². The van der Waals surface area contributed by atoms with E-state index in [0.717, 1.165) is 0 Å². The second-order valence-corrected chi connectivity index (χ2v) is 8.62. The molecule has 0 aliphatic carbocycles. The van der Waals surface area contributed by atoms with Crippen molar-refractivity contribution in [3.05, 3.63) is 47.5 Å². The summed E-state index contributed by atoms with van der Waals surface area (Å²) in [4.78, 5) is 28.1. The standard InChI is InChI=1S/C28H33N5O8/c1-36-22-15-18(5-7-20(35)19-16-23(37-2)25(39-4)24(17-19)38-3)6-8-21(22)41-28-31-26(29-9-12-34)30-27(32-28)33-10-13-40-14-11-33/h5-8,15-17,34H,9-14H2,1-4H3,(H,29,30,31,32)/b7-5+. The first-order valence-corrected chi connectivity index (χ1v) is 12.8. The second-order valence-electron chi connectivity index (χ2n) is 8.62. The summed E-state index contributed by atoms with van der Waals surface area (Å²) in [6, 6.07) is 8.43. The smallest absolute Gasteiger partial charge is 0.328 e. The van der Waals surface area contributed by atoms with Crippen LogP contribution < -0.4 is 33.9 Å². The van der Waals surface area contributed by atoms with E-state index in [0.29, 0.717) is 72.1 Å². The summed E-state index contributed by atoms with van der Waals surface area (Å²) >= 11 is 0. The highest BCUT2D eigenvalue weighted by atomic mass is 16.5. The summed E-state index contributed by atoms with van der Waals surface area (Å²) in [6.07, 6.45) is 3.10. The van der Waals surface area contributed by atoms with Crippen LogP contribution in [0.5, 0.6) is 34.8 Å². The number of hydrogen-bond acceptors (Lipinski definition) is 13. The molecule has 0 unspecified atom stereocenters. The fourth-order valence-electron chi connectivity index (χ4n) is 4.01. The molecule has 1 aliphatic heterocycles. The summed E-state index contributed by atoms with van der Waals surface area (Å²) < 4.78 is 33.0. The number of nitrogens with one attached hydrogen (secondary N) is 1. The highest BCUT2D eigenvalue weighted by molar-refractivity contribution is 6.07. The van der Waals surface area contributed by atoms with Crippen LogP contribution in [-0.4, -0.2) is 93.7 Å². The highest BCUT2D eigenvalue weighted by Crippen LogP contribution is 2.38. The van der Waals surface area contributed by atoms with Crippen molar-refractivity contribution in [3.63, 3.8) is 0 Å². The van der Waals surface area contributed by atoms with Gasteiger partial charge in [0.1, 0.15) is 0 Å². The summed E-state index contributed by atoms with van der Waals surface area (Å²) in [5.74, 6) is 2.40. The van der Waals surface area contributed by atoms with Gasteiger partial charge in [0, 0.05) is 25.2 Å². The molecule has 41 heavy (non-hydrogen) atoms. The third-order valence-corrected chi connectivity index (χ3v) is 6.06. The highest BCUT2D eigenvalue weighted by Gasteiger charge is 2.19. The van der Waals surface area contributed by atoms with Gasteiger partial charge >= 0.3 is 6.01 Å².